The number of allylic oxidation sites excluding steroid dienone is 2. The van der Waals surface area contributed by atoms with Gasteiger partial charge in [-0.1, -0.05) is 91.7 Å². The summed E-state index contributed by atoms with van der Waals surface area (Å²) in [4.78, 5) is 0. The van der Waals surface area contributed by atoms with Crippen molar-refractivity contribution in [3.8, 4) is 0 Å². The van der Waals surface area contributed by atoms with E-state index >= 15 is 0 Å². The van der Waals surface area contributed by atoms with Crippen LogP contribution in [0.5, 0.6) is 0 Å². The highest BCUT2D eigenvalue weighted by Gasteiger charge is 2.29. The van der Waals surface area contributed by atoms with Crippen LogP contribution >= 0.6 is 0 Å². The van der Waals surface area contributed by atoms with Crippen molar-refractivity contribution in [2.45, 2.75) is 131 Å². The number of aryl methyl sites for hydroxylation is 4. The number of hydrogen-bond acceptors (Lipinski definition) is 0. The molecule has 0 aliphatic carbocycles. The zero-order chi connectivity index (χ0) is 27.3. The quantitative estimate of drug-likeness (QED) is 0.149. The van der Waals surface area contributed by atoms with Crippen LogP contribution in [0.3, 0.4) is 0 Å². The molecule has 0 saturated heterocycles. The number of hydrogen-bond donors (Lipinski definition) is 0. The number of rotatable bonds is 17. The van der Waals surface area contributed by atoms with Crippen molar-refractivity contribution in [2.75, 3.05) is 0 Å². The Balaban J connectivity index is 1.98. The van der Waals surface area contributed by atoms with Gasteiger partial charge in [-0.2, -0.15) is 0 Å². The van der Waals surface area contributed by atoms with Crippen LogP contribution in [0.2, 0.25) is 0 Å². The monoisotopic (exact) mass is 512 g/mol. The maximum absolute atomic E-state index is 11.7. The van der Waals surface area contributed by atoms with Crippen molar-refractivity contribution in [1.29, 1.82) is 0 Å². The normalized spacial score (nSPS) is 13.5. The van der Waals surface area contributed by atoms with Gasteiger partial charge in [-0.15, -0.1) is 0 Å². The van der Waals surface area contributed by atoms with Gasteiger partial charge in [-0.3, -0.25) is 0 Å². The predicted molar refractivity (Wildman–Crippen MR) is 165 cm³/mol. The SMILES string of the molecule is CCCCCCc1cc(CCCCCC)cc(C2=CC(CCCC)=C(c3cc(CC)cc(CC)c3)[N+]2=[N-])c1. The maximum atomic E-state index is 11.7. The van der Waals surface area contributed by atoms with Gasteiger partial charge in [0.25, 0.3) is 0 Å². The van der Waals surface area contributed by atoms with Crippen LogP contribution < -0.4 is 0 Å². The first-order chi connectivity index (χ1) is 18.5. The average Bonchev–Trinajstić information content (AvgIpc) is 3.27. The molecule has 0 atom stereocenters. The lowest BCUT2D eigenvalue weighted by Gasteiger charge is -2.14. The van der Waals surface area contributed by atoms with Crippen molar-refractivity contribution in [3.63, 3.8) is 0 Å². The van der Waals surface area contributed by atoms with Crippen molar-refractivity contribution >= 4 is 11.4 Å². The summed E-state index contributed by atoms with van der Waals surface area (Å²) in [5, 5.41) is 0. The fraction of sp³-hybridized carbons (Fsp3) is 0.556. The zero-order valence-electron chi connectivity index (χ0n) is 25.0. The molecule has 0 N–H and O–H groups in total. The number of nitrogens with zero attached hydrogens (tertiary/aromatic N) is 2. The molecule has 2 nitrogen and oxygen atoms in total. The summed E-state index contributed by atoms with van der Waals surface area (Å²) >= 11 is 0. The lowest BCUT2D eigenvalue weighted by Crippen LogP contribution is -2.05. The summed E-state index contributed by atoms with van der Waals surface area (Å²) in [7, 11) is 0. The Labute approximate surface area is 233 Å². The summed E-state index contributed by atoms with van der Waals surface area (Å²) < 4.78 is 1.51. The van der Waals surface area contributed by atoms with E-state index in [1.807, 2.05) is 0 Å². The van der Waals surface area contributed by atoms with E-state index in [0.717, 1.165) is 67.5 Å². The molecule has 1 aliphatic rings. The van der Waals surface area contributed by atoms with Crippen molar-refractivity contribution in [2.24, 2.45) is 0 Å². The van der Waals surface area contributed by atoms with E-state index in [-0.39, 0.29) is 0 Å². The molecule has 2 heteroatoms. The predicted octanol–water partition coefficient (Wildman–Crippen LogP) is 11.0. The molecule has 0 bridgehead atoms. The number of unbranched alkanes of at least 4 members (excludes halogenated alkanes) is 7. The molecule has 1 aliphatic heterocycles. The molecular weight excluding hydrogens is 460 g/mol. The van der Waals surface area contributed by atoms with Gasteiger partial charge in [0, 0.05) is 22.8 Å². The topological polar surface area (TPSA) is 25.3 Å². The fourth-order valence-electron chi connectivity index (χ4n) is 5.64. The van der Waals surface area contributed by atoms with Gasteiger partial charge in [0.2, 0.25) is 11.4 Å². The smallest absolute Gasteiger partial charge is 0.210 e. The Kier molecular flexibility index (Phi) is 12.5. The van der Waals surface area contributed by atoms with Crippen LogP contribution in [-0.4, -0.2) is 4.70 Å². The van der Waals surface area contributed by atoms with E-state index in [1.165, 1.54) is 83.9 Å². The third kappa shape index (κ3) is 8.26. The first-order valence-electron chi connectivity index (χ1n) is 15.7. The Morgan fingerprint density at radius 3 is 1.53 bits per heavy atom. The van der Waals surface area contributed by atoms with Gasteiger partial charge < -0.3 is 5.53 Å². The van der Waals surface area contributed by atoms with E-state index in [2.05, 4.69) is 77.1 Å². The molecule has 0 unspecified atom stereocenters. The lowest BCUT2D eigenvalue weighted by atomic mass is 9.96. The zero-order valence-corrected chi connectivity index (χ0v) is 25.0. The van der Waals surface area contributed by atoms with Crippen LogP contribution in [0.1, 0.15) is 139 Å². The van der Waals surface area contributed by atoms with Crippen LogP contribution in [0.15, 0.2) is 48.0 Å². The molecule has 0 fully saturated rings. The Morgan fingerprint density at radius 2 is 1.03 bits per heavy atom. The third-order valence-electron chi connectivity index (χ3n) is 7.98. The number of benzene rings is 2. The maximum Gasteiger partial charge on any atom is 0.210 e. The van der Waals surface area contributed by atoms with Gasteiger partial charge in [-0.05, 0) is 97.9 Å². The molecule has 0 spiro atoms. The second kappa shape index (κ2) is 15.8. The summed E-state index contributed by atoms with van der Waals surface area (Å²) in [5.74, 6) is 0. The largest absolute Gasteiger partial charge is 0.493 e. The Hall–Kier alpha value is -2.48. The van der Waals surface area contributed by atoms with Crippen molar-refractivity contribution in [3.05, 3.63) is 87.0 Å². The molecule has 38 heavy (non-hydrogen) atoms. The molecule has 1 heterocycles. The lowest BCUT2D eigenvalue weighted by molar-refractivity contribution is -0.344. The molecule has 2 aromatic rings. The van der Waals surface area contributed by atoms with Gasteiger partial charge in [-0.25, -0.2) is 4.70 Å². The average molecular weight is 513 g/mol. The third-order valence-corrected chi connectivity index (χ3v) is 7.98. The van der Waals surface area contributed by atoms with Gasteiger partial charge in [0.05, 0.1) is 0 Å². The second-order valence-electron chi connectivity index (χ2n) is 11.2. The Morgan fingerprint density at radius 1 is 0.526 bits per heavy atom. The van der Waals surface area contributed by atoms with Crippen LogP contribution in [0, 0.1) is 0 Å². The molecule has 0 saturated carbocycles. The highest BCUT2D eigenvalue weighted by molar-refractivity contribution is 5.79. The van der Waals surface area contributed by atoms with Crippen LogP contribution in [-0.2, 0) is 25.7 Å². The summed E-state index contributed by atoms with van der Waals surface area (Å²) in [5.41, 5.74) is 22.8. The van der Waals surface area contributed by atoms with Crippen LogP contribution in [0.25, 0.3) is 16.9 Å². The van der Waals surface area contributed by atoms with Crippen LogP contribution in [0.4, 0.5) is 0 Å². The standard InChI is InChI=1S/C36H52N2/c1-6-11-14-16-18-30-22-31(19-17-15-12-7-2)26-33(25-30)35-27-32(20-13-8-3)36(38(35)37)34-23-28(9-4)21-29(10-5)24-34/h21-27H,6-20H2,1-5H3. The fourth-order valence-corrected chi connectivity index (χ4v) is 5.64. The minimum absolute atomic E-state index is 0.941. The molecule has 3 rings (SSSR count). The van der Waals surface area contributed by atoms with Gasteiger partial charge >= 0.3 is 0 Å². The minimum Gasteiger partial charge on any atom is -0.493 e. The van der Waals surface area contributed by atoms with Crippen molar-refractivity contribution < 1.29 is 4.70 Å². The van der Waals surface area contributed by atoms with E-state index in [0.29, 0.717) is 0 Å². The van der Waals surface area contributed by atoms with Gasteiger partial charge in [0.1, 0.15) is 0 Å². The summed E-state index contributed by atoms with van der Waals surface area (Å²) in [6, 6.07) is 14.0. The first-order valence-corrected chi connectivity index (χ1v) is 15.7. The second-order valence-corrected chi connectivity index (χ2v) is 11.2. The summed E-state index contributed by atoms with van der Waals surface area (Å²) in [6.45, 7) is 11.2. The highest BCUT2D eigenvalue weighted by Crippen LogP contribution is 2.38. The molecule has 0 amide bonds. The van der Waals surface area contributed by atoms with E-state index in [9.17, 15) is 5.53 Å². The van der Waals surface area contributed by atoms with E-state index in [1.54, 1.807) is 0 Å². The molecule has 0 aromatic heterocycles. The van der Waals surface area contributed by atoms with Crippen molar-refractivity contribution in [1.82, 2.24) is 0 Å². The first kappa shape index (κ1) is 30.1. The summed E-state index contributed by atoms with van der Waals surface area (Å²) in [6.07, 6.45) is 20.0. The molecule has 206 valence electrons. The van der Waals surface area contributed by atoms with E-state index in [4.69, 9.17) is 0 Å². The molecule has 2 aromatic carbocycles. The van der Waals surface area contributed by atoms with E-state index < -0.39 is 0 Å². The molecule has 0 radical (unpaired) electrons. The van der Waals surface area contributed by atoms with Gasteiger partial charge in [0.15, 0.2) is 0 Å². The highest BCUT2D eigenvalue weighted by atomic mass is 15.2. The minimum atomic E-state index is 0.941. The molecular formula is C36H52N2. The Bertz CT molecular complexity index is 1070.